The molecule has 5 rings (SSSR count). The lowest BCUT2D eigenvalue weighted by molar-refractivity contribution is 0.0989. The van der Waals surface area contributed by atoms with E-state index in [0.29, 0.717) is 12.1 Å². The third-order valence-electron chi connectivity index (χ3n) is 5.68. The van der Waals surface area contributed by atoms with E-state index >= 15 is 0 Å². The predicted molar refractivity (Wildman–Crippen MR) is 127 cm³/mol. The lowest BCUT2D eigenvalue weighted by Crippen LogP contribution is -2.35. The van der Waals surface area contributed by atoms with Crippen molar-refractivity contribution in [3.8, 4) is 11.3 Å². The van der Waals surface area contributed by atoms with Gasteiger partial charge in [0.15, 0.2) is 5.65 Å². The first-order chi connectivity index (χ1) is 15.0. The van der Waals surface area contributed by atoms with Gasteiger partial charge in [0.25, 0.3) is 5.91 Å². The smallest absolute Gasteiger partial charge is 0.259 e. The fourth-order valence-corrected chi connectivity index (χ4v) is 5.09. The molecule has 0 fully saturated rings. The Labute approximate surface area is 186 Å². The number of aryl methyl sites for hydroxylation is 1. The first-order valence-electron chi connectivity index (χ1n) is 10.5. The maximum atomic E-state index is 13.9. The number of hydrogen-bond acceptors (Lipinski definition) is 4. The Balaban J connectivity index is 1.71. The average Bonchev–Trinajstić information content (AvgIpc) is 3.22. The van der Waals surface area contributed by atoms with Gasteiger partial charge >= 0.3 is 0 Å². The van der Waals surface area contributed by atoms with Gasteiger partial charge in [-0.1, -0.05) is 36.4 Å². The molecule has 3 heterocycles. The van der Waals surface area contributed by atoms with E-state index in [4.69, 9.17) is 4.98 Å². The second-order valence-corrected chi connectivity index (χ2v) is 9.20. The Bertz CT molecular complexity index is 1290. The maximum Gasteiger partial charge on any atom is 0.259 e. The number of carbonyl (C=O) groups is 1. The molecule has 4 aromatic rings. The summed E-state index contributed by atoms with van der Waals surface area (Å²) >= 11 is 1.80. The molecule has 156 valence electrons. The largest absolute Gasteiger partial charge is 0.306 e. The third kappa shape index (κ3) is 3.41. The lowest BCUT2D eigenvalue weighted by Gasteiger charge is -2.29. The van der Waals surface area contributed by atoms with Crippen LogP contribution in [-0.4, -0.2) is 33.0 Å². The highest BCUT2D eigenvalue weighted by atomic mass is 32.2. The van der Waals surface area contributed by atoms with Crippen molar-refractivity contribution >= 4 is 34.4 Å². The van der Waals surface area contributed by atoms with E-state index in [-0.39, 0.29) is 11.9 Å². The van der Waals surface area contributed by atoms with Gasteiger partial charge in [-0.05, 0) is 44.5 Å². The number of rotatable bonds is 3. The zero-order chi connectivity index (χ0) is 21.5. The van der Waals surface area contributed by atoms with Crippen molar-refractivity contribution in [3.63, 3.8) is 0 Å². The average molecular weight is 429 g/mol. The number of thioether (sulfide) groups is 1. The highest BCUT2D eigenvalue weighted by molar-refractivity contribution is 7.99. The van der Waals surface area contributed by atoms with Crippen LogP contribution in [0.5, 0.6) is 0 Å². The molecule has 0 spiro atoms. The van der Waals surface area contributed by atoms with Gasteiger partial charge in [0.2, 0.25) is 0 Å². The van der Waals surface area contributed by atoms with Crippen LogP contribution in [0.25, 0.3) is 22.3 Å². The van der Waals surface area contributed by atoms with E-state index in [2.05, 4.69) is 44.1 Å². The molecule has 0 atom stereocenters. The molecule has 0 bridgehead atoms. The Hall–Kier alpha value is -3.12. The molecule has 0 saturated carbocycles. The minimum Gasteiger partial charge on any atom is -0.306 e. The molecular formula is C25H24N4OS. The Morgan fingerprint density at radius 3 is 2.68 bits per heavy atom. The zero-order valence-corrected chi connectivity index (χ0v) is 18.7. The summed E-state index contributed by atoms with van der Waals surface area (Å²) < 4.78 is 1.90. The number of carbonyl (C=O) groups excluding carboxylic acids is 1. The van der Waals surface area contributed by atoms with E-state index in [1.165, 1.54) is 0 Å². The number of para-hydroxylation sites is 1. The SMILES string of the molecule is Cc1ccccc1-c1cc(C(=O)N2CCSc3ccccc32)c2cnn(C(C)C)c2n1. The van der Waals surface area contributed by atoms with Gasteiger partial charge in [-0.25, -0.2) is 9.67 Å². The summed E-state index contributed by atoms with van der Waals surface area (Å²) in [6.45, 7) is 6.91. The number of pyridine rings is 1. The van der Waals surface area contributed by atoms with Gasteiger partial charge in [0, 0.05) is 28.8 Å². The van der Waals surface area contributed by atoms with Crippen LogP contribution >= 0.6 is 11.8 Å². The molecule has 31 heavy (non-hydrogen) atoms. The molecule has 2 aromatic heterocycles. The van der Waals surface area contributed by atoms with Gasteiger partial charge in [-0.2, -0.15) is 5.10 Å². The van der Waals surface area contributed by atoms with Gasteiger partial charge in [-0.15, -0.1) is 11.8 Å². The monoisotopic (exact) mass is 428 g/mol. The quantitative estimate of drug-likeness (QED) is 0.417. The summed E-state index contributed by atoms with van der Waals surface area (Å²) in [5, 5.41) is 5.36. The van der Waals surface area contributed by atoms with E-state index < -0.39 is 0 Å². The van der Waals surface area contributed by atoms with Crippen LogP contribution in [-0.2, 0) is 0 Å². The molecule has 6 heteroatoms. The molecule has 1 aliphatic heterocycles. The topological polar surface area (TPSA) is 51.0 Å². The number of fused-ring (bicyclic) bond motifs is 2. The zero-order valence-electron chi connectivity index (χ0n) is 17.9. The van der Waals surface area contributed by atoms with Crippen LogP contribution in [0.4, 0.5) is 5.69 Å². The van der Waals surface area contributed by atoms with Crippen LogP contribution in [0.3, 0.4) is 0 Å². The van der Waals surface area contributed by atoms with Crippen molar-refractivity contribution in [3.05, 3.63) is 71.9 Å². The highest BCUT2D eigenvalue weighted by Crippen LogP contribution is 2.36. The third-order valence-corrected chi connectivity index (χ3v) is 6.72. The standard InChI is InChI=1S/C25H24N4OS/c1-16(2)29-24-20(15-26-29)19(14-21(27-24)18-9-5-4-8-17(18)3)25(30)28-12-13-31-23-11-7-6-10-22(23)28/h4-11,14-16H,12-13H2,1-3H3. The fraction of sp³-hybridized carbons (Fsp3) is 0.240. The summed E-state index contributed by atoms with van der Waals surface area (Å²) in [5.74, 6) is 0.880. The molecule has 0 unspecified atom stereocenters. The second kappa shape index (κ2) is 7.85. The van der Waals surface area contributed by atoms with Crippen LogP contribution in [0.2, 0.25) is 0 Å². The van der Waals surface area contributed by atoms with Crippen molar-refractivity contribution in [1.82, 2.24) is 14.8 Å². The maximum absolute atomic E-state index is 13.9. The Kier molecular flexibility index (Phi) is 5.02. The Morgan fingerprint density at radius 2 is 1.87 bits per heavy atom. The molecule has 1 amide bonds. The number of hydrogen-bond donors (Lipinski definition) is 0. The van der Waals surface area contributed by atoms with Crippen LogP contribution in [0.15, 0.2) is 65.7 Å². The summed E-state index contributed by atoms with van der Waals surface area (Å²) in [6.07, 6.45) is 1.78. The van der Waals surface area contributed by atoms with Crippen molar-refractivity contribution in [2.24, 2.45) is 0 Å². The number of anilines is 1. The van der Waals surface area contributed by atoms with Crippen molar-refractivity contribution in [2.75, 3.05) is 17.2 Å². The van der Waals surface area contributed by atoms with Gasteiger partial charge in [-0.3, -0.25) is 4.79 Å². The normalized spacial score (nSPS) is 13.6. The molecular weight excluding hydrogens is 404 g/mol. The molecule has 0 N–H and O–H groups in total. The Morgan fingerprint density at radius 1 is 1.10 bits per heavy atom. The minimum absolute atomic E-state index is 0.00158. The van der Waals surface area contributed by atoms with E-state index in [1.54, 1.807) is 18.0 Å². The van der Waals surface area contributed by atoms with Gasteiger partial charge in [0.1, 0.15) is 0 Å². The number of amides is 1. The minimum atomic E-state index is -0.00158. The van der Waals surface area contributed by atoms with E-state index in [0.717, 1.165) is 44.2 Å². The van der Waals surface area contributed by atoms with Crippen LogP contribution in [0, 0.1) is 6.92 Å². The summed E-state index contributed by atoms with van der Waals surface area (Å²) in [4.78, 5) is 21.9. The second-order valence-electron chi connectivity index (χ2n) is 8.06. The number of nitrogens with zero attached hydrogens (tertiary/aromatic N) is 4. The molecule has 5 nitrogen and oxygen atoms in total. The lowest BCUT2D eigenvalue weighted by atomic mass is 10.0. The first-order valence-corrected chi connectivity index (χ1v) is 11.5. The number of aromatic nitrogens is 3. The highest BCUT2D eigenvalue weighted by Gasteiger charge is 2.27. The van der Waals surface area contributed by atoms with Gasteiger partial charge < -0.3 is 4.90 Å². The summed E-state index contributed by atoms with van der Waals surface area (Å²) in [7, 11) is 0. The summed E-state index contributed by atoms with van der Waals surface area (Å²) in [6, 6.07) is 18.3. The predicted octanol–water partition coefficient (Wildman–Crippen LogP) is 5.74. The van der Waals surface area contributed by atoms with E-state index in [1.807, 2.05) is 46.0 Å². The molecule has 0 radical (unpaired) electrons. The van der Waals surface area contributed by atoms with Crippen molar-refractivity contribution in [1.29, 1.82) is 0 Å². The molecule has 1 aliphatic rings. The fourth-order valence-electron chi connectivity index (χ4n) is 4.10. The number of benzene rings is 2. The van der Waals surface area contributed by atoms with E-state index in [9.17, 15) is 4.79 Å². The molecule has 0 aliphatic carbocycles. The summed E-state index contributed by atoms with van der Waals surface area (Å²) in [5.41, 5.74) is 5.33. The molecule has 0 saturated heterocycles. The van der Waals surface area contributed by atoms with Crippen molar-refractivity contribution in [2.45, 2.75) is 31.7 Å². The molecule has 2 aromatic carbocycles. The van der Waals surface area contributed by atoms with Crippen molar-refractivity contribution < 1.29 is 4.79 Å². The van der Waals surface area contributed by atoms with Crippen LogP contribution < -0.4 is 4.90 Å². The first kappa shape index (κ1) is 19.8. The van der Waals surface area contributed by atoms with Crippen LogP contribution in [0.1, 0.15) is 35.8 Å². The van der Waals surface area contributed by atoms with Gasteiger partial charge in [0.05, 0.1) is 28.5 Å².